The number of hydrogen-bond acceptors (Lipinski definition) is 4. The first-order valence-corrected chi connectivity index (χ1v) is 6.34. The summed E-state index contributed by atoms with van der Waals surface area (Å²) in [6, 6.07) is 0. The Morgan fingerprint density at radius 2 is 2.22 bits per heavy atom. The van der Waals surface area contributed by atoms with Gasteiger partial charge in [-0.2, -0.15) is 0 Å². The lowest BCUT2D eigenvalue weighted by Gasteiger charge is -2.31. The Balaban J connectivity index is 2.32. The number of primary amides is 1. The lowest BCUT2D eigenvalue weighted by molar-refractivity contribution is -0.132. The van der Waals surface area contributed by atoms with Gasteiger partial charge in [-0.15, -0.1) is 0 Å². The zero-order valence-electron chi connectivity index (χ0n) is 11.1. The van der Waals surface area contributed by atoms with Gasteiger partial charge in [-0.05, 0) is 18.9 Å². The van der Waals surface area contributed by atoms with Gasteiger partial charge < -0.3 is 21.1 Å². The van der Waals surface area contributed by atoms with Crippen molar-refractivity contribution in [1.82, 2.24) is 10.6 Å². The van der Waals surface area contributed by atoms with Crippen LogP contribution in [-0.4, -0.2) is 44.7 Å². The summed E-state index contributed by atoms with van der Waals surface area (Å²) in [5.74, 6) is -0.149. The van der Waals surface area contributed by atoms with Gasteiger partial charge in [-0.1, -0.05) is 13.8 Å². The minimum atomic E-state index is -0.500. The van der Waals surface area contributed by atoms with Crippen molar-refractivity contribution in [3.63, 3.8) is 0 Å². The summed E-state index contributed by atoms with van der Waals surface area (Å²) < 4.78 is 5.00. The van der Waals surface area contributed by atoms with E-state index in [-0.39, 0.29) is 17.9 Å². The van der Waals surface area contributed by atoms with E-state index >= 15 is 0 Å². The highest BCUT2D eigenvalue weighted by atomic mass is 16.5. The van der Waals surface area contributed by atoms with E-state index in [9.17, 15) is 9.59 Å². The van der Waals surface area contributed by atoms with Gasteiger partial charge in [0.05, 0.1) is 12.0 Å². The number of amides is 2. The largest absolute Gasteiger partial charge is 0.370 e. The molecule has 18 heavy (non-hydrogen) atoms. The van der Waals surface area contributed by atoms with Crippen LogP contribution in [0.4, 0.5) is 0 Å². The normalized spacial score (nSPS) is 23.3. The fourth-order valence-corrected chi connectivity index (χ4v) is 2.25. The molecule has 1 unspecified atom stereocenters. The Bertz CT molecular complexity index is 299. The zero-order valence-corrected chi connectivity index (χ0v) is 11.1. The molecule has 0 aromatic rings. The van der Waals surface area contributed by atoms with Crippen LogP contribution in [-0.2, 0) is 14.3 Å². The molecule has 0 bridgehead atoms. The van der Waals surface area contributed by atoms with Crippen LogP contribution in [0.1, 0.15) is 20.3 Å². The van der Waals surface area contributed by atoms with Crippen molar-refractivity contribution >= 4 is 11.8 Å². The molecule has 2 amide bonds. The van der Waals surface area contributed by atoms with Gasteiger partial charge in [0.2, 0.25) is 11.8 Å². The lowest BCUT2D eigenvalue weighted by atomic mass is 9.75. The third-order valence-electron chi connectivity index (χ3n) is 3.52. The Labute approximate surface area is 108 Å². The number of carbonyl (C=O) groups excluding carboxylic acids is 2. The summed E-state index contributed by atoms with van der Waals surface area (Å²) in [5, 5.41) is 6.10. The highest BCUT2D eigenvalue weighted by Crippen LogP contribution is 2.34. The number of rotatable bonds is 7. The SMILES string of the molecule is CC(C)C1(C(=O)NCCOCC(N)=O)CCNC1. The van der Waals surface area contributed by atoms with E-state index in [0.717, 1.165) is 19.5 Å². The third-order valence-corrected chi connectivity index (χ3v) is 3.52. The molecule has 4 N–H and O–H groups in total. The molecule has 1 heterocycles. The molecule has 1 atom stereocenters. The van der Waals surface area contributed by atoms with Crippen LogP contribution in [0, 0.1) is 11.3 Å². The molecule has 0 saturated carbocycles. The van der Waals surface area contributed by atoms with E-state index in [0.29, 0.717) is 19.1 Å². The van der Waals surface area contributed by atoms with Crippen LogP contribution in [0.5, 0.6) is 0 Å². The molecule has 1 aliphatic rings. The van der Waals surface area contributed by atoms with Crippen LogP contribution in [0.2, 0.25) is 0 Å². The van der Waals surface area contributed by atoms with Gasteiger partial charge in [0.25, 0.3) is 0 Å². The first-order chi connectivity index (χ1) is 8.49. The van der Waals surface area contributed by atoms with Gasteiger partial charge in [0, 0.05) is 13.1 Å². The molecule has 1 aliphatic heterocycles. The second kappa shape index (κ2) is 6.70. The van der Waals surface area contributed by atoms with E-state index in [2.05, 4.69) is 24.5 Å². The minimum absolute atomic E-state index is 0.0603. The summed E-state index contributed by atoms with van der Waals surface area (Å²) in [4.78, 5) is 22.7. The molecule has 0 aromatic heterocycles. The predicted molar refractivity (Wildman–Crippen MR) is 67.8 cm³/mol. The van der Waals surface area contributed by atoms with Crippen molar-refractivity contribution in [1.29, 1.82) is 0 Å². The van der Waals surface area contributed by atoms with Crippen molar-refractivity contribution in [2.75, 3.05) is 32.8 Å². The molecule has 0 spiro atoms. The molecule has 1 rings (SSSR count). The van der Waals surface area contributed by atoms with Crippen LogP contribution in [0.3, 0.4) is 0 Å². The van der Waals surface area contributed by atoms with E-state index in [1.54, 1.807) is 0 Å². The van der Waals surface area contributed by atoms with Crippen molar-refractivity contribution in [3.8, 4) is 0 Å². The van der Waals surface area contributed by atoms with Crippen LogP contribution < -0.4 is 16.4 Å². The van der Waals surface area contributed by atoms with Crippen LogP contribution in [0.25, 0.3) is 0 Å². The average Bonchev–Trinajstić information content (AvgIpc) is 2.78. The van der Waals surface area contributed by atoms with Crippen molar-refractivity contribution in [2.24, 2.45) is 17.1 Å². The van der Waals surface area contributed by atoms with Gasteiger partial charge in [0.15, 0.2) is 0 Å². The number of carbonyl (C=O) groups is 2. The number of nitrogens with one attached hydrogen (secondary N) is 2. The molecule has 0 aliphatic carbocycles. The molecule has 104 valence electrons. The molecule has 0 radical (unpaired) electrons. The van der Waals surface area contributed by atoms with E-state index in [4.69, 9.17) is 10.5 Å². The maximum Gasteiger partial charge on any atom is 0.243 e. The summed E-state index contributed by atoms with van der Waals surface area (Å²) in [7, 11) is 0. The molecule has 6 nitrogen and oxygen atoms in total. The second-order valence-electron chi connectivity index (χ2n) is 5.01. The number of hydrogen-bond donors (Lipinski definition) is 3. The second-order valence-corrected chi connectivity index (χ2v) is 5.01. The van der Waals surface area contributed by atoms with Crippen LogP contribution >= 0.6 is 0 Å². The Morgan fingerprint density at radius 3 is 2.72 bits per heavy atom. The molecule has 0 aromatic carbocycles. The minimum Gasteiger partial charge on any atom is -0.370 e. The van der Waals surface area contributed by atoms with Crippen molar-refractivity contribution in [3.05, 3.63) is 0 Å². The Kier molecular flexibility index (Phi) is 5.55. The van der Waals surface area contributed by atoms with Gasteiger partial charge in [0.1, 0.15) is 6.61 Å². The quantitative estimate of drug-likeness (QED) is 0.523. The van der Waals surface area contributed by atoms with Gasteiger partial charge in [-0.3, -0.25) is 9.59 Å². The Hall–Kier alpha value is -1.14. The summed E-state index contributed by atoms with van der Waals surface area (Å²) in [6.45, 7) is 6.33. The fraction of sp³-hybridized carbons (Fsp3) is 0.833. The van der Waals surface area contributed by atoms with Crippen molar-refractivity contribution in [2.45, 2.75) is 20.3 Å². The third kappa shape index (κ3) is 3.68. The van der Waals surface area contributed by atoms with E-state index in [1.807, 2.05) is 0 Å². The first kappa shape index (κ1) is 14.9. The van der Waals surface area contributed by atoms with E-state index < -0.39 is 5.91 Å². The van der Waals surface area contributed by atoms with Gasteiger partial charge >= 0.3 is 0 Å². The molecule has 1 fully saturated rings. The van der Waals surface area contributed by atoms with E-state index in [1.165, 1.54) is 0 Å². The van der Waals surface area contributed by atoms with Crippen molar-refractivity contribution < 1.29 is 14.3 Å². The predicted octanol–water partition coefficient (Wildman–Crippen LogP) is -0.760. The highest BCUT2D eigenvalue weighted by molar-refractivity contribution is 5.83. The summed E-state index contributed by atoms with van der Waals surface area (Å²) in [5.41, 5.74) is 4.62. The first-order valence-electron chi connectivity index (χ1n) is 6.34. The number of ether oxygens (including phenoxy) is 1. The zero-order chi connectivity index (χ0) is 13.6. The maximum absolute atomic E-state index is 12.2. The Morgan fingerprint density at radius 1 is 1.50 bits per heavy atom. The molecule has 1 saturated heterocycles. The van der Waals surface area contributed by atoms with Gasteiger partial charge in [-0.25, -0.2) is 0 Å². The molecular formula is C12H23N3O3. The highest BCUT2D eigenvalue weighted by Gasteiger charge is 2.43. The standard InChI is InChI=1S/C12H23N3O3/c1-9(2)12(3-4-14-8-12)11(17)15-5-6-18-7-10(13)16/h9,14H,3-8H2,1-2H3,(H2,13,16)(H,15,17). The van der Waals surface area contributed by atoms with Crippen LogP contribution in [0.15, 0.2) is 0 Å². The molecule has 6 heteroatoms. The monoisotopic (exact) mass is 257 g/mol. The topological polar surface area (TPSA) is 93.4 Å². The summed E-state index contributed by atoms with van der Waals surface area (Å²) >= 11 is 0. The molecular weight excluding hydrogens is 234 g/mol. The maximum atomic E-state index is 12.2. The lowest BCUT2D eigenvalue weighted by Crippen LogP contribution is -2.47. The average molecular weight is 257 g/mol. The summed E-state index contributed by atoms with van der Waals surface area (Å²) in [6.07, 6.45) is 0.860. The number of nitrogens with two attached hydrogens (primary N) is 1. The smallest absolute Gasteiger partial charge is 0.243 e. The fourth-order valence-electron chi connectivity index (χ4n) is 2.25.